The number of amides is 1. The second kappa shape index (κ2) is 7.74. The third-order valence-electron chi connectivity index (χ3n) is 5.57. The van der Waals surface area contributed by atoms with Gasteiger partial charge in [-0.15, -0.1) is 12.4 Å². The van der Waals surface area contributed by atoms with Crippen molar-refractivity contribution in [1.29, 1.82) is 0 Å². The molecule has 0 bridgehead atoms. The molecular weight excluding hydrogens is 369 g/mol. The number of nitrogens with two attached hydrogens (primary N) is 1. The number of halogens is 4. The van der Waals surface area contributed by atoms with Crippen molar-refractivity contribution in [3.8, 4) is 0 Å². The topological polar surface area (TPSA) is 64.4 Å². The maximum atomic E-state index is 12.9. The SMILES string of the molecule is Cl.NCC1(C(=O)NCC2(c3cccc(C(F)(F)F)c3)CC2)CCOCC1. The zero-order valence-electron chi connectivity index (χ0n) is 14.4. The maximum Gasteiger partial charge on any atom is 0.416 e. The quantitative estimate of drug-likeness (QED) is 0.809. The summed E-state index contributed by atoms with van der Waals surface area (Å²) in [5, 5.41) is 2.95. The Morgan fingerprint density at radius 2 is 1.85 bits per heavy atom. The van der Waals surface area contributed by atoms with Gasteiger partial charge in [0.25, 0.3) is 0 Å². The highest BCUT2D eigenvalue weighted by Gasteiger charge is 2.47. The lowest BCUT2D eigenvalue weighted by molar-refractivity contribution is -0.138. The fourth-order valence-corrected chi connectivity index (χ4v) is 3.47. The van der Waals surface area contributed by atoms with Crippen molar-refractivity contribution in [1.82, 2.24) is 5.32 Å². The molecule has 4 nitrogen and oxygen atoms in total. The van der Waals surface area contributed by atoms with E-state index >= 15 is 0 Å². The van der Waals surface area contributed by atoms with Crippen molar-refractivity contribution >= 4 is 18.3 Å². The Labute approximate surface area is 157 Å². The zero-order chi connectivity index (χ0) is 18.1. The predicted molar refractivity (Wildman–Crippen MR) is 94.2 cm³/mol. The van der Waals surface area contributed by atoms with E-state index in [1.54, 1.807) is 6.07 Å². The van der Waals surface area contributed by atoms with Crippen LogP contribution in [0.5, 0.6) is 0 Å². The highest BCUT2D eigenvalue weighted by atomic mass is 35.5. The zero-order valence-corrected chi connectivity index (χ0v) is 15.2. The minimum Gasteiger partial charge on any atom is -0.381 e. The molecule has 8 heteroatoms. The van der Waals surface area contributed by atoms with Crippen molar-refractivity contribution in [3.63, 3.8) is 0 Å². The molecule has 1 amide bonds. The summed E-state index contributed by atoms with van der Waals surface area (Å²) in [6.07, 6.45) is -1.67. The van der Waals surface area contributed by atoms with Crippen LogP contribution in [-0.4, -0.2) is 32.2 Å². The van der Waals surface area contributed by atoms with E-state index in [1.807, 2.05) is 0 Å². The van der Waals surface area contributed by atoms with E-state index in [0.717, 1.165) is 18.9 Å². The molecule has 1 aliphatic heterocycles. The van der Waals surface area contributed by atoms with E-state index < -0.39 is 22.6 Å². The van der Waals surface area contributed by atoms with E-state index in [4.69, 9.17) is 10.5 Å². The van der Waals surface area contributed by atoms with Gasteiger partial charge >= 0.3 is 6.18 Å². The van der Waals surface area contributed by atoms with E-state index in [9.17, 15) is 18.0 Å². The smallest absolute Gasteiger partial charge is 0.381 e. The highest BCUT2D eigenvalue weighted by Crippen LogP contribution is 2.48. The molecule has 3 rings (SSSR count). The fraction of sp³-hybridized carbons (Fsp3) is 0.611. The summed E-state index contributed by atoms with van der Waals surface area (Å²) in [5.41, 5.74) is 4.81. The van der Waals surface area contributed by atoms with Crippen LogP contribution in [0.2, 0.25) is 0 Å². The van der Waals surface area contributed by atoms with Crippen LogP contribution < -0.4 is 11.1 Å². The predicted octanol–water partition coefficient (Wildman–Crippen LogP) is 3.03. The summed E-state index contributed by atoms with van der Waals surface area (Å²) in [5.74, 6) is -0.114. The Kier molecular flexibility index (Phi) is 6.25. The number of nitrogens with one attached hydrogen (secondary N) is 1. The number of carbonyl (C=O) groups excluding carboxylic acids is 1. The summed E-state index contributed by atoms with van der Waals surface area (Å²) in [7, 11) is 0. The lowest BCUT2D eigenvalue weighted by atomic mass is 9.79. The molecule has 1 saturated carbocycles. The standard InChI is InChI=1S/C18H23F3N2O2.ClH/c19-18(20,21)14-3-1-2-13(10-14)17(4-5-17)12-23-15(24)16(11-22)6-8-25-9-7-16;/h1-3,10H,4-9,11-12,22H2,(H,23,24);1H. The molecule has 1 aliphatic carbocycles. The molecular formula is C18H24ClF3N2O2. The molecule has 146 valence electrons. The molecule has 1 aromatic rings. The van der Waals surface area contributed by atoms with Gasteiger partial charge < -0.3 is 15.8 Å². The van der Waals surface area contributed by atoms with Crippen molar-refractivity contribution in [3.05, 3.63) is 35.4 Å². The van der Waals surface area contributed by atoms with Crippen LogP contribution in [0.3, 0.4) is 0 Å². The molecule has 0 atom stereocenters. The summed E-state index contributed by atoms with van der Waals surface area (Å²) >= 11 is 0. The molecule has 0 spiro atoms. The summed E-state index contributed by atoms with van der Waals surface area (Å²) < 4.78 is 44.1. The van der Waals surface area contributed by atoms with Crippen LogP contribution in [0, 0.1) is 5.41 Å². The fourth-order valence-electron chi connectivity index (χ4n) is 3.47. The number of alkyl halides is 3. The molecule has 0 unspecified atom stereocenters. The minimum absolute atomic E-state index is 0. The van der Waals surface area contributed by atoms with Gasteiger partial charge in [0.1, 0.15) is 0 Å². The molecule has 2 fully saturated rings. The number of carbonyl (C=O) groups is 1. The number of benzene rings is 1. The van der Waals surface area contributed by atoms with Gasteiger partial charge in [-0.2, -0.15) is 13.2 Å². The maximum absolute atomic E-state index is 12.9. The lowest BCUT2D eigenvalue weighted by Crippen LogP contribution is -2.50. The third-order valence-corrected chi connectivity index (χ3v) is 5.57. The van der Waals surface area contributed by atoms with Gasteiger partial charge in [-0.3, -0.25) is 4.79 Å². The van der Waals surface area contributed by atoms with Crippen molar-refractivity contribution < 1.29 is 22.7 Å². The van der Waals surface area contributed by atoms with Crippen LogP contribution in [0.25, 0.3) is 0 Å². The van der Waals surface area contributed by atoms with E-state index in [2.05, 4.69) is 5.32 Å². The average Bonchev–Trinajstić information content (AvgIpc) is 3.41. The van der Waals surface area contributed by atoms with Crippen molar-refractivity contribution in [2.75, 3.05) is 26.3 Å². The molecule has 3 N–H and O–H groups in total. The molecule has 0 radical (unpaired) electrons. The Hall–Kier alpha value is -1.31. The summed E-state index contributed by atoms with van der Waals surface area (Å²) in [6, 6.07) is 5.41. The van der Waals surface area contributed by atoms with Gasteiger partial charge in [0.15, 0.2) is 0 Å². The van der Waals surface area contributed by atoms with Crippen LogP contribution >= 0.6 is 12.4 Å². The Bertz CT molecular complexity index is 642. The first-order valence-electron chi connectivity index (χ1n) is 8.55. The average molecular weight is 393 g/mol. The van der Waals surface area contributed by atoms with E-state index in [0.29, 0.717) is 38.2 Å². The third kappa shape index (κ3) is 4.15. The second-order valence-corrected chi connectivity index (χ2v) is 7.14. The molecule has 1 aromatic carbocycles. The number of rotatable bonds is 5. The van der Waals surface area contributed by atoms with Crippen molar-refractivity contribution in [2.45, 2.75) is 37.3 Å². The Morgan fingerprint density at radius 1 is 1.19 bits per heavy atom. The van der Waals surface area contributed by atoms with Crippen LogP contribution in [-0.2, 0) is 21.1 Å². The van der Waals surface area contributed by atoms with Gasteiger partial charge in [-0.25, -0.2) is 0 Å². The first kappa shape index (κ1) is 21.0. The molecule has 1 heterocycles. The molecule has 1 saturated heterocycles. The van der Waals surface area contributed by atoms with Gasteiger partial charge in [-0.1, -0.05) is 18.2 Å². The Balaban J connectivity index is 0.00000243. The molecule has 26 heavy (non-hydrogen) atoms. The van der Waals surface area contributed by atoms with E-state index in [-0.39, 0.29) is 24.9 Å². The normalized spacial score (nSPS) is 20.8. The monoisotopic (exact) mass is 392 g/mol. The van der Waals surface area contributed by atoms with Crippen LogP contribution in [0.4, 0.5) is 13.2 Å². The summed E-state index contributed by atoms with van der Waals surface area (Å²) in [4.78, 5) is 12.7. The largest absolute Gasteiger partial charge is 0.416 e. The van der Waals surface area contributed by atoms with Crippen LogP contribution in [0.15, 0.2) is 24.3 Å². The van der Waals surface area contributed by atoms with Crippen molar-refractivity contribution in [2.24, 2.45) is 11.1 Å². The lowest BCUT2D eigenvalue weighted by Gasteiger charge is -2.35. The van der Waals surface area contributed by atoms with Crippen LogP contribution in [0.1, 0.15) is 36.8 Å². The second-order valence-electron chi connectivity index (χ2n) is 7.14. The Morgan fingerprint density at radius 3 is 2.38 bits per heavy atom. The number of hydrogen-bond acceptors (Lipinski definition) is 3. The highest BCUT2D eigenvalue weighted by molar-refractivity contribution is 5.85. The van der Waals surface area contributed by atoms with Gasteiger partial charge in [0.2, 0.25) is 5.91 Å². The van der Waals surface area contributed by atoms with E-state index in [1.165, 1.54) is 12.1 Å². The van der Waals surface area contributed by atoms with Gasteiger partial charge in [-0.05, 0) is 37.3 Å². The first-order valence-corrected chi connectivity index (χ1v) is 8.55. The minimum atomic E-state index is -4.36. The van der Waals surface area contributed by atoms with Gasteiger partial charge in [0.05, 0.1) is 11.0 Å². The molecule has 2 aliphatic rings. The van der Waals surface area contributed by atoms with Gasteiger partial charge in [0, 0.05) is 31.7 Å². The summed E-state index contributed by atoms with van der Waals surface area (Å²) in [6.45, 7) is 1.60. The first-order chi connectivity index (χ1) is 11.8. The number of ether oxygens (including phenoxy) is 1. The number of hydrogen-bond donors (Lipinski definition) is 2. The molecule has 0 aromatic heterocycles.